The topological polar surface area (TPSA) is 46.5 Å². The van der Waals surface area contributed by atoms with E-state index in [0.29, 0.717) is 24.7 Å². The van der Waals surface area contributed by atoms with Crippen molar-refractivity contribution in [3.63, 3.8) is 0 Å². The van der Waals surface area contributed by atoms with Gasteiger partial charge in [-0.25, -0.2) is 0 Å². The van der Waals surface area contributed by atoms with Crippen molar-refractivity contribution in [1.29, 1.82) is 0 Å². The maximum atomic E-state index is 11.0. The average molecular weight is 258 g/mol. The van der Waals surface area contributed by atoms with E-state index in [1.165, 1.54) is 32.1 Å². The third-order valence-electron chi connectivity index (χ3n) is 2.90. The third-order valence-corrected chi connectivity index (χ3v) is 2.90. The molecule has 0 bridgehead atoms. The van der Waals surface area contributed by atoms with Gasteiger partial charge in [0.25, 0.3) is 0 Å². The Balaban J connectivity index is 0.000000631. The van der Waals surface area contributed by atoms with Gasteiger partial charge >= 0.3 is 0 Å². The second kappa shape index (κ2) is 11.7. The van der Waals surface area contributed by atoms with Crippen molar-refractivity contribution in [2.45, 2.75) is 84.3 Å². The van der Waals surface area contributed by atoms with Gasteiger partial charge in [-0.05, 0) is 33.1 Å². The number of carbonyl (C=O) groups is 1. The minimum Gasteiger partial charge on any atom is -0.394 e. The second-order valence-electron chi connectivity index (χ2n) is 5.22. The molecule has 1 aliphatic carbocycles. The fourth-order valence-electron chi connectivity index (χ4n) is 1.93. The summed E-state index contributed by atoms with van der Waals surface area (Å²) in [6.07, 6.45) is 9.05. The van der Waals surface area contributed by atoms with E-state index in [1.54, 1.807) is 13.8 Å². The summed E-state index contributed by atoms with van der Waals surface area (Å²) in [5, 5.41) is 8.06. The predicted molar refractivity (Wildman–Crippen MR) is 74.7 cm³/mol. The van der Waals surface area contributed by atoms with Gasteiger partial charge < -0.3 is 9.84 Å². The minimum atomic E-state index is -0.167. The Labute approximate surface area is 112 Å². The van der Waals surface area contributed by atoms with E-state index >= 15 is 0 Å². The highest BCUT2D eigenvalue weighted by Crippen LogP contribution is 2.20. The Morgan fingerprint density at radius 3 is 2.33 bits per heavy atom. The highest BCUT2D eigenvalue weighted by Gasteiger charge is 2.13. The molecule has 1 fully saturated rings. The van der Waals surface area contributed by atoms with E-state index in [4.69, 9.17) is 9.84 Å². The van der Waals surface area contributed by atoms with Gasteiger partial charge in [0.1, 0.15) is 5.78 Å². The summed E-state index contributed by atoms with van der Waals surface area (Å²) in [4.78, 5) is 11.0. The van der Waals surface area contributed by atoms with Gasteiger partial charge in [0.2, 0.25) is 0 Å². The highest BCUT2D eigenvalue weighted by molar-refractivity contribution is 5.77. The normalized spacial score (nSPS) is 16.3. The van der Waals surface area contributed by atoms with Gasteiger partial charge in [0.15, 0.2) is 0 Å². The number of ether oxygens (including phenoxy) is 1. The third kappa shape index (κ3) is 12.1. The lowest BCUT2D eigenvalue weighted by molar-refractivity contribution is -0.119. The lowest BCUT2D eigenvalue weighted by atomic mass is 9.98. The molecule has 0 aliphatic heterocycles. The summed E-state index contributed by atoms with van der Waals surface area (Å²) < 4.78 is 5.73. The first-order valence-electron chi connectivity index (χ1n) is 7.37. The SMILES string of the molecule is CC(C)O.CCC(=O)CCCOC1CCCCC1. The maximum absolute atomic E-state index is 11.0. The fourth-order valence-corrected chi connectivity index (χ4v) is 1.93. The summed E-state index contributed by atoms with van der Waals surface area (Å²) in [5.41, 5.74) is 0. The number of rotatable bonds is 6. The molecule has 0 aromatic rings. The van der Waals surface area contributed by atoms with Crippen molar-refractivity contribution < 1.29 is 14.6 Å². The molecule has 0 aromatic heterocycles. The zero-order valence-electron chi connectivity index (χ0n) is 12.3. The zero-order valence-corrected chi connectivity index (χ0v) is 12.3. The fraction of sp³-hybridized carbons (Fsp3) is 0.933. The molecule has 108 valence electrons. The standard InChI is InChI=1S/C12H22O2.C3H8O/c1-2-11(13)7-6-10-14-12-8-4-3-5-9-12;1-3(2)4/h12H,2-10H2,1H3;3-4H,1-2H3. The van der Waals surface area contributed by atoms with Crippen LogP contribution in [0.1, 0.15) is 72.1 Å². The Morgan fingerprint density at radius 2 is 1.83 bits per heavy atom. The summed E-state index contributed by atoms with van der Waals surface area (Å²) in [5.74, 6) is 0.359. The van der Waals surface area contributed by atoms with Crippen molar-refractivity contribution >= 4 is 5.78 Å². The molecule has 0 saturated heterocycles. The van der Waals surface area contributed by atoms with E-state index in [9.17, 15) is 4.79 Å². The highest BCUT2D eigenvalue weighted by atomic mass is 16.5. The van der Waals surface area contributed by atoms with Crippen LogP contribution in [0, 0.1) is 0 Å². The predicted octanol–water partition coefficient (Wildman–Crippen LogP) is 3.48. The molecule has 1 aliphatic rings. The molecule has 1 rings (SSSR count). The molecule has 0 heterocycles. The Hall–Kier alpha value is -0.410. The number of Topliss-reactive ketones (excluding diaryl/α,β-unsaturated/α-hetero) is 1. The first kappa shape index (κ1) is 17.6. The summed E-state index contributed by atoms with van der Waals surface area (Å²) >= 11 is 0. The molecule has 3 heteroatoms. The lowest BCUT2D eigenvalue weighted by Crippen LogP contribution is -2.17. The average Bonchev–Trinajstić information content (AvgIpc) is 2.35. The molecule has 0 amide bonds. The van der Waals surface area contributed by atoms with Gasteiger partial charge in [-0.1, -0.05) is 26.2 Å². The van der Waals surface area contributed by atoms with Crippen LogP contribution in [0.4, 0.5) is 0 Å². The van der Waals surface area contributed by atoms with Crippen molar-refractivity contribution in [1.82, 2.24) is 0 Å². The van der Waals surface area contributed by atoms with Gasteiger partial charge in [0, 0.05) is 25.6 Å². The summed E-state index contributed by atoms with van der Waals surface area (Å²) in [7, 11) is 0. The van der Waals surface area contributed by atoms with Crippen LogP contribution < -0.4 is 0 Å². The number of carbonyl (C=O) groups excluding carboxylic acids is 1. The molecular weight excluding hydrogens is 228 g/mol. The van der Waals surface area contributed by atoms with Crippen LogP contribution in [0.25, 0.3) is 0 Å². The van der Waals surface area contributed by atoms with E-state index < -0.39 is 0 Å². The van der Waals surface area contributed by atoms with Crippen LogP contribution >= 0.6 is 0 Å². The minimum absolute atomic E-state index is 0.167. The summed E-state index contributed by atoms with van der Waals surface area (Å²) in [6, 6.07) is 0. The van der Waals surface area contributed by atoms with Gasteiger partial charge in [0.05, 0.1) is 6.10 Å². The first-order chi connectivity index (χ1) is 8.56. The first-order valence-corrected chi connectivity index (χ1v) is 7.37. The molecule has 0 unspecified atom stereocenters. The number of ketones is 1. The Morgan fingerprint density at radius 1 is 1.28 bits per heavy atom. The molecule has 1 N–H and O–H groups in total. The molecule has 3 nitrogen and oxygen atoms in total. The Kier molecular flexibility index (Phi) is 11.4. The number of hydrogen-bond donors (Lipinski definition) is 1. The van der Waals surface area contributed by atoms with Crippen LogP contribution in [0.3, 0.4) is 0 Å². The molecule has 0 spiro atoms. The van der Waals surface area contributed by atoms with E-state index in [-0.39, 0.29) is 6.10 Å². The van der Waals surface area contributed by atoms with E-state index in [1.807, 2.05) is 6.92 Å². The van der Waals surface area contributed by atoms with Crippen LogP contribution in [0.2, 0.25) is 0 Å². The zero-order chi connectivity index (χ0) is 13.8. The van der Waals surface area contributed by atoms with Gasteiger partial charge in [-0.15, -0.1) is 0 Å². The maximum Gasteiger partial charge on any atom is 0.132 e. The van der Waals surface area contributed by atoms with E-state index in [0.717, 1.165) is 13.0 Å². The van der Waals surface area contributed by atoms with Crippen LogP contribution in [0.15, 0.2) is 0 Å². The number of hydrogen-bond acceptors (Lipinski definition) is 3. The van der Waals surface area contributed by atoms with Gasteiger partial charge in [-0.3, -0.25) is 4.79 Å². The largest absolute Gasteiger partial charge is 0.394 e. The molecule has 1 saturated carbocycles. The molecular formula is C15H30O3. The Bertz CT molecular complexity index is 193. The monoisotopic (exact) mass is 258 g/mol. The number of aliphatic hydroxyl groups excluding tert-OH is 1. The van der Waals surface area contributed by atoms with E-state index in [2.05, 4.69) is 0 Å². The molecule has 0 radical (unpaired) electrons. The summed E-state index contributed by atoms with van der Waals surface area (Å²) in [6.45, 7) is 6.14. The number of aliphatic hydroxyl groups is 1. The quantitative estimate of drug-likeness (QED) is 0.742. The van der Waals surface area contributed by atoms with Crippen molar-refractivity contribution in [2.24, 2.45) is 0 Å². The molecule has 0 aromatic carbocycles. The van der Waals surface area contributed by atoms with Crippen LogP contribution in [-0.4, -0.2) is 29.7 Å². The second-order valence-corrected chi connectivity index (χ2v) is 5.22. The van der Waals surface area contributed by atoms with Crippen LogP contribution in [-0.2, 0) is 9.53 Å². The van der Waals surface area contributed by atoms with Crippen molar-refractivity contribution in [3.05, 3.63) is 0 Å². The van der Waals surface area contributed by atoms with Crippen molar-refractivity contribution in [2.75, 3.05) is 6.61 Å². The van der Waals surface area contributed by atoms with Gasteiger partial charge in [-0.2, -0.15) is 0 Å². The van der Waals surface area contributed by atoms with Crippen LogP contribution in [0.5, 0.6) is 0 Å². The molecule has 18 heavy (non-hydrogen) atoms. The lowest BCUT2D eigenvalue weighted by Gasteiger charge is -2.21. The molecule has 0 atom stereocenters. The smallest absolute Gasteiger partial charge is 0.132 e. The van der Waals surface area contributed by atoms with Crippen molar-refractivity contribution in [3.8, 4) is 0 Å².